The predicted molar refractivity (Wildman–Crippen MR) is 64.4 cm³/mol. The van der Waals surface area contributed by atoms with Gasteiger partial charge in [-0.1, -0.05) is 0 Å². The van der Waals surface area contributed by atoms with Gasteiger partial charge in [0.15, 0.2) is 0 Å². The van der Waals surface area contributed by atoms with Crippen molar-refractivity contribution in [3.8, 4) is 0 Å². The zero-order valence-electron chi connectivity index (χ0n) is 10.5. The molecule has 0 bridgehead atoms. The minimum Gasteiger partial charge on any atom is -0.454 e. The standard InChI is InChI=1S/C13H19FN2O2/c14-11-10(9-18-12(11)17)16-7-3-13(4-8-16)1-5-15-6-2-13/h15H,1-9H2. The van der Waals surface area contributed by atoms with E-state index >= 15 is 0 Å². The third-order valence-corrected chi connectivity index (χ3v) is 4.64. The number of halogens is 1. The van der Waals surface area contributed by atoms with Crippen LogP contribution < -0.4 is 5.32 Å². The molecule has 3 heterocycles. The van der Waals surface area contributed by atoms with Gasteiger partial charge in [-0.05, 0) is 44.2 Å². The third kappa shape index (κ3) is 2.00. The normalized spacial score (nSPS) is 27.8. The van der Waals surface area contributed by atoms with Crippen LogP contribution in [0.5, 0.6) is 0 Å². The van der Waals surface area contributed by atoms with Gasteiger partial charge in [-0.3, -0.25) is 0 Å². The van der Waals surface area contributed by atoms with E-state index in [1.54, 1.807) is 0 Å². The maximum atomic E-state index is 13.6. The Morgan fingerprint density at radius 3 is 2.39 bits per heavy atom. The topological polar surface area (TPSA) is 41.6 Å². The molecule has 0 aromatic rings. The van der Waals surface area contributed by atoms with Crippen LogP contribution in [0.15, 0.2) is 11.5 Å². The van der Waals surface area contributed by atoms with E-state index in [0.29, 0.717) is 11.1 Å². The van der Waals surface area contributed by atoms with Gasteiger partial charge in [-0.25, -0.2) is 4.79 Å². The molecule has 0 atom stereocenters. The van der Waals surface area contributed by atoms with Crippen LogP contribution in [0.3, 0.4) is 0 Å². The number of likely N-dealkylation sites (tertiary alicyclic amines) is 1. The average molecular weight is 254 g/mol. The van der Waals surface area contributed by atoms with Crippen molar-refractivity contribution >= 4 is 5.97 Å². The van der Waals surface area contributed by atoms with Crippen molar-refractivity contribution in [3.63, 3.8) is 0 Å². The first-order valence-corrected chi connectivity index (χ1v) is 6.72. The number of esters is 1. The first-order chi connectivity index (χ1) is 8.70. The van der Waals surface area contributed by atoms with Crippen LogP contribution in [0.25, 0.3) is 0 Å². The number of hydrogen-bond donors (Lipinski definition) is 1. The molecular formula is C13H19FN2O2. The van der Waals surface area contributed by atoms with Crippen molar-refractivity contribution in [1.82, 2.24) is 10.2 Å². The Bertz CT molecular complexity index is 378. The van der Waals surface area contributed by atoms with Crippen LogP contribution in [0, 0.1) is 5.41 Å². The Labute approximate surface area is 106 Å². The van der Waals surface area contributed by atoms with Gasteiger partial charge in [-0.15, -0.1) is 0 Å². The molecule has 100 valence electrons. The molecule has 18 heavy (non-hydrogen) atoms. The zero-order chi connectivity index (χ0) is 12.6. The number of nitrogens with one attached hydrogen (secondary N) is 1. The van der Waals surface area contributed by atoms with E-state index in [1.807, 2.05) is 4.90 Å². The number of cyclic esters (lactones) is 1. The van der Waals surface area contributed by atoms with Crippen LogP contribution in [0.1, 0.15) is 25.7 Å². The summed E-state index contributed by atoms with van der Waals surface area (Å²) >= 11 is 0. The molecule has 5 heteroatoms. The number of piperidine rings is 2. The van der Waals surface area contributed by atoms with Gasteiger partial charge in [0, 0.05) is 13.1 Å². The second-order valence-corrected chi connectivity index (χ2v) is 5.57. The minimum absolute atomic E-state index is 0.110. The van der Waals surface area contributed by atoms with E-state index in [2.05, 4.69) is 5.32 Å². The van der Waals surface area contributed by atoms with E-state index < -0.39 is 11.8 Å². The monoisotopic (exact) mass is 254 g/mol. The van der Waals surface area contributed by atoms with E-state index in [0.717, 1.165) is 39.0 Å². The summed E-state index contributed by atoms with van der Waals surface area (Å²) in [6.07, 6.45) is 4.63. The molecular weight excluding hydrogens is 235 g/mol. The zero-order valence-corrected chi connectivity index (χ0v) is 10.5. The minimum atomic E-state index is -0.799. The van der Waals surface area contributed by atoms with Crippen LogP contribution >= 0.6 is 0 Å². The highest BCUT2D eigenvalue weighted by molar-refractivity contribution is 5.89. The molecule has 2 saturated heterocycles. The highest BCUT2D eigenvalue weighted by Gasteiger charge is 2.38. The predicted octanol–water partition coefficient (Wildman–Crippen LogP) is 1.19. The molecule has 0 aromatic carbocycles. The SMILES string of the molecule is O=C1OCC(N2CCC3(CCNCC3)CC2)=C1F. The van der Waals surface area contributed by atoms with Crippen molar-refractivity contribution in [2.45, 2.75) is 25.7 Å². The number of nitrogens with zero attached hydrogens (tertiary/aromatic N) is 1. The Balaban J connectivity index is 1.65. The molecule has 3 aliphatic heterocycles. The number of ether oxygens (including phenoxy) is 1. The molecule has 0 amide bonds. The van der Waals surface area contributed by atoms with E-state index in [-0.39, 0.29) is 6.61 Å². The Hall–Kier alpha value is -1.10. The van der Waals surface area contributed by atoms with E-state index in [9.17, 15) is 9.18 Å². The molecule has 0 radical (unpaired) electrons. The number of carbonyl (C=O) groups is 1. The third-order valence-electron chi connectivity index (χ3n) is 4.64. The Kier molecular flexibility index (Phi) is 3.01. The van der Waals surface area contributed by atoms with E-state index in [1.165, 1.54) is 12.8 Å². The second-order valence-electron chi connectivity index (χ2n) is 5.57. The summed E-state index contributed by atoms with van der Waals surface area (Å²) < 4.78 is 18.3. The van der Waals surface area contributed by atoms with E-state index in [4.69, 9.17) is 4.74 Å². The molecule has 0 saturated carbocycles. The molecule has 1 N–H and O–H groups in total. The number of rotatable bonds is 1. The summed E-state index contributed by atoms with van der Waals surface area (Å²) in [5, 5.41) is 3.39. The van der Waals surface area contributed by atoms with Crippen molar-refractivity contribution < 1.29 is 13.9 Å². The Morgan fingerprint density at radius 2 is 1.83 bits per heavy atom. The first-order valence-electron chi connectivity index (χ1n) is 6.72. The van der Waals surface area contributed by atoms with Gasteiger partial charge in [0.2, 0.25) is 5.83 Å². The van der Waals surface area contributed by atoms with Crippen LogP contribution in [0.4, 0.5) is 4.39 Å². The number of hydrogen-bond acceptors (Lipinski definition) is 4. The largest absolute Gasteiger partial charge is 0.454 e. The lowest BCUT2D eigenvalue weighted by atomic mass is 9.71. The summed E-state index contributed by atoms with van der Waals surface area (Å²) in [5.74, 6) is -1.48. The molecule has 2 fully saturated rings. The molecule has 3 aliphatic rings. The molecule has 1 spiro atoms. The van der Waals surface area contributed by atoms with Gasteiger partial charge >= 0.3 is 5.97 Å². The van der Waals surface area contributed by atoms with Crippen molar-refractivity contribution in [2.24, 2.45) is 5.41 Å². The first kappa shape index (κ1) is 12.0. The highest BCUT2D eigenvalue weighted by atomic mass is 19.1. The average Bonchev–Trinajstić information content (AvgIpc) is 2.73. The highest BCUT2D eigenvalue weighted by Crippen LogP contribution is 2.40. The van der Waals surface area contributed by atoms with Crippen molar-refractivity contribution in [2.75, 3.05) is 32.8 Å². The smallest absolute Gasteiger partial charge is 0.369 e. The molecule has 0 unspecified atom stereocenters. The number of carbonyl (C=O) groups excluding carboxylic acids is 1. The van der Waals surface area contributed by atoms with Gasteiger partial charge < -0.3 is 15.0 Å². The molecule has 0 aliphatic carbocycles. The van der Waals surface area contributed by atoms with Gasteiger partial charge in [0.1, 0.15) is 6.61 Å². The van der Waals surface area contributed by atoms with Crippen molar-refractivity contribution in [3.05, 3.63) is 11.5 Å². The summed E-state index contributed by atoms with van der Waals surface area (Å²) in [6.45, 7) is 4.00. The summed E-state index contributed by atoms with van der Waals surface area (Å²) in [6, 6.07) is 0. The fraction of sp³-hybridized carbons (Fsp3) is 0.769. The van der Waals surface area contributed by atoms with Crippen LogP contribution in [-0.4, -0.2) is 43.7 Å². The maximum absolute atomic E-state index is 13.6. The second kappa shape index (κ2) is 4.53. The van der Waals surface area contributed by atoms with Gasteiger partial charge in [0.25, 0.3) is 0 Å². The fourth-order valence-electron chi connectivity index (χ4n) is 3.32. The molecule has 0 aromatic heterocycles. The quantitative estimate of drug-likeness (QED) is 0.714. The molecule has 3 rings (SSSR count). The van der Waals surface area contributed by atoms with Gasteiger partial charge in [0.05, 0.1) is 5.70 Å². The summed E-state index contributed by atoms with van der Waals surface area (Å²) in [7, 11) is 0. The summed E-state index contributed by atoms with van der Waals surface area (Å²) in [5.41, 5.74) is 0.909. The van der Waals surface area contributed by atoms with Crippen LogP contribution in [-0.2, 0) is 9.53 Å². The summed E-state index contributed by atoms with van der Waals surface area (Å²) in [4.78, 5) is 13.0. The van der Waals surface area contributed by atoms with Crippen molar-refractivity contribution in [1.29, 1.82) is 0 Å². The molecule has 4 nitrogen and oxygen atoms in total. The lowest BCUT2D eigenvalue weighted by molar-refractivity contribution is -0.137. The lowest BCUT2D eigenvalue weighted by Gasteiger charge is -2.45. The Morgan fingerprint density at radius 1 is 1.17 bits per heavy atom. The maximum Gasteiger partial charge on any atom is 0.369 e. The fourth-order valence-corrected chi connectivity index (χ4v) is 3.32. The lowest BCUT2D eigenvalue weighted by Crippen LogP contribution is -2.45. The van der Waals surface area contributed by atoms with Gasteiger partial charge in [-0.2, -0.15) is 4.39 Å². The van der Waals surface area contributed by atoms with Crippen LogP contribution in [0.2, 0.25) is 0 Å².